The molecule has 0 aliphatic carbocycles. The summed E-state index contributed by atoms with van der Waals surface area (Å²) in [5.74, 6) is 0. The lowest BCUT2D eigenvalue weighted by molar-refractivity contribution is 0.181. The third-order valence-electron chi connectivity index (χ3n) is 3.20. The lowest BCUT2D eigenvalue weighted by Crippen LogP contribution is -2.51. The van der Waals surface area contributed by atoms with Gasteiger partial charge >= 0.3 is 0 Å². The molecule has 0 bridgehead atoms. The van der Waals surface area contributed by atoms with E-state index in [1.54, 1.807) is 18.4 Å². The molecule has 17 heavy (non-hydrogen) atoms. The second-order valence-corrected chi connectivity index (χ2v) is 6.88. The number of rotatable bonds is 6. The first-order valence-electron chi connectivity index (χ1n) is 6.38. The lowest BCUT2D eigenvalue weighted by atomic mass is 10.2. The third kappa shape index (κ3) is 4.21. The minimum absolute atomic E-state index is 0.618. The summed E-state index contributed by atoms with van der Waals surface area (Å²) in [7, 11) is -0.0360. The Bertz CT molecular complexity index is 309. The van der Waals surface area contributed by atoms with Crippen LogP contribution in [0.25, 0.3) is 0 Å². The maximum absolute atomic E-state index is 11.9. The van der Waals surface area contributed by atoms with Crippen molar-refractivity contribution in [1.29, 1.82) is 0 Å². The van der Waals surface area contributed by atoms with E-state index in [1.807, 2.05) is 0 Å². The molecule has 0 unspecified atom stereocenters. The van der Waals surface area contributed by atoms with Crippen molar-refractivity contribution in [2.24, 2.45) is 0 Å². The quantitative estimate of drug-likeness (QED) is 0.659. The molecule has 0 aromatic carbocycles. The van der Waals surface area contributed by atoms with E-state index < -0.39 is 10.2 Å². The van der Waals surface area contributed by atoms with Crippen LogP contribution in [-0.4, -0.2) is 68.7 Å². The molecular weight excluding hydrogens is 238 g/mol. The highest BCUT2D eigenvalue weighted by atomic mass is 32.2. The van der Waals surface area contributed by atoms with E-state index in [0.717, 1.165) is 19.6 Å². The molecule has 0 amide bonds. The zero-order chi connectivity index (χ0) is 12.9. The molecule has 102 valence electrons. The first-order valence-corrected chi connectivity index (χ1v) is 7.78. The Hall–Kier alpha value is -0.170. The Balaban J connectivity index is 2.36. The maximum atomic E-state index is 11.9. The van der Waals surface area contributed by atoms with Crippen LogP contribution in [0.5, 0.6) is 0 Å². The monoisotopic (exact) mass is 263 g/mol. The van der Waals surface area contributed by atoms with Gasteiger partial charge in [-0.15, -0.1) is 0 Å². The number of piperazine rings is 1. The van der Waals surface area contributed by atoms with Gasteiger partial charge < -0.3 is 4.90 Å². The van der Waals surface area contributed by atoms with Gasteiger partial charge in [-0.25, -0.2) is 0 Å². The van der Waals surface area contributed by atoms with Crippen LogP contribution in [0.4, 0.5) is 0 Å². The molecule has 0 radical (unpaired) electrons. The SMILES string of the molecule is CCCCCN1CCN(S(=O)(=O)N(C)C)CC1. The molecule has 1 heterocycles. The summed E-state index contributed by atoms with van der Waals surface area (Å²) in [5.41, 5.74) is 0. The highest BCUT2D eigenvalue weighted by molar-refractivity contribution is 7.86. The molecule has 0 saturated carbocycles. The van der Waals surface area contributed by atoms with Gasteiger partial charge in [0.15, 0.2) is 0 Å². The second-order valence-electron chi connectivity index (χ2n) is 4.74. The van der Waals surface area contributed by atoms with E-state index >= 15 is 0 Å². The van der Waals surface area contributed by atoms with Gasteiger partial charge in [-0.05, 0) is 13.0 Å². The fourth-order valence-corrected chi connectivity index (χ4v) is 3.09. The molecule has 1 aliphatic rings. The summed E-state index contributed by atoms with van der Waals surface area (Å²) in [6.07, 6.45) is 3.71. The summed E-state index contributed by atoms with van der Waals surface area (Å²) >= 11 is 0. The van der Waals surface area contributed by atoms with Crippen molar-refractivity contribution >= 4 is 10.2 Å². The van der Waals surface area contributed by atoms with Gasteiger partial charge in [0.1, 0.15) is 0 Å². The average molecular weight is 263 g/mol. The summed E-state index contributed by atoms with van der Waals surface area (Å²) in [6, 6.07) is 0. The van der Waals surface area contributed by atoms with Gasteiger partial charge in [0, 0.05) is 40.3 Å². The van der Waals surface area contributed by atoms with Crippen LogP contribution in [0.1, 0.15) is 26.2 Å². The largest absolute Gasteiger partial charge is 0.301 e. The van der Waals surface area contributed by atoms with E-state index in [4.69, 9.17) is 0 Å². The van der Waals surface area contributed by atoms with Gasteiger partial charge in [-0.2, -0.15) is 17.0 Å². The van der Waals surface area contributed by atoms with Crippen molar-refractivity contribution in [3.05, 3.63) is 0 Å². The van der Waals surface area contributed by atoms with Gasteiger partial charge in [0.25, 0.3) is 10.2 Å². The number of hydrogen-bond donors (Lipinski definition) is 0. The first kappa shape index (κ1) is 14.9. The molecule has 0 aromatic rings. The molecule has 0 atom stereocenters. The highest BCUT2D eigenvalue weighted by Crippen LogP contribution is 2.10. The van der Waals surface area contributed by atoms with Crippen molar-refractivity contribution in [3.8, 4) is 0 Å². The number of unbranched alkanes of at least 4 members (excludes halogenated alkanes) is 2. The fourth-order valence-electron chi connectivity index (χ4n) is 2.00. The Morgan fingerprint density at radius 1 is 1.06 bits per heavy atom. The van der Waals surface area contributed by atoms with E-state index in [2.05, 4.69) is 11.8 Å². The Kier molecular flexibility index (Phi) is 5.85. The Morgan fingerprint density at radius 3 is 2.12 bits per heavy atom. The number of nitrogens with zero attached hydrogens (tertiary/aromatic N) is 3. The number of hydrogen-bond acceptors (Lipinski definition) is 3. The molecule has 0 N–H and O–H groups in total. The third-order valence-corrected chi connectivity index (χ3v) is 5.14. The molecule has 1 fully saturated rings. The van der Waals surface area contributed by atoms with Crippen molar-refractivity contribution in [2.45, 2.75) is 26.2 Å². The Labute approximate surface area is 106 Å². The summed E-state index contributed by atoms with van der Waals surface area (Å²) in [6.45, 7) is 6.25. The van der Waals surface area contributed by atoms with Crippen LogP contribution in [0.3, 0.4) is 0 Å². The van der Waals surface area contributed by atoms with Gasteiger partial charge in [0.2, 0.25) is 0 Å². The van der Waals surface area contributed by atoms with Crippen LogP contribution in [0.15, 0.2) is 0 Å². The van der Waals surface area contributed by atoms with Crippen molar-refractivity contribution in [3.63, 3.8) is 0 Å². The molecule has 0 spiro atoms. The van der Waals surface area contributed by atoms with E-state index in [-0.39, 0.29) is 0 Å². The zero-order valence-electron chi connectivity index (χ0n) is 11.2. The van der Waals surface area contributed by atoms with E-state index in [9.17, 15) is 8.42 Å². The van der Waals surface area contributed by atoms with Crippen molar-refractivity contribution in [1.82, 2.24) is 13.5 Å². The van der Waals surface area contributed by atoms with Crippen molar-refractivity contribution < 1.29 is 8.42 Å². The standard InChI is InChI=1S/C11H25N3O2S/c1-4-5-6-7-13-8-10-14(11-9-13)17(15,16)12(2)3/h4-11H2,1-3H3. The fraction of sp³-hybridized carbons (Fsp3) is 1.00. The van der Waals surface area contributed by atoms with Crippen LogP contribution in [0.2, 0.25) is 0 Å². The average Bonchev–Trinajstić information content (AvgIpc) is 2.30. The van der Waals surface area contributed by atoms with Crippen LogP contribution < -0.4 is 0 Å². The van der Waals surface area contributed by atoms with Crippen molar-refractivity contribution in [2.75, 3.05) is 46.8 Å². The normalized spacial score (nSPS) is 20.0. The van der Waals surface area contributed by atoms with Gasteiger partial charge in [0.05, 0.1) is 0 Å². The predicted octanol–water partition coefficient (Wildman–Crippen LogP) is 0.601. The zero-order valence-corrected chi connectivity index (χ0v) is 12.0. The summed E-state index contributed by atoms with van der Waals surface area (Å²) in [4.78, 5) is 2.36. The molecular formula is C11H25N3O2S. The van der Waals surface area contributed by atoms with Crippen LogP contribution >= 0.6 is 0 Å². The molecule has 1 saturated heterocycles. The molecule has 1 aliphatic heterocycles. The second kappa shape index (κ2) is 6.68. The minimum atomic E-state index is -3.21. The first-order chi connectivity index (χ1) is 7.98. The summed E-state index contributed by atoms with van der Waals surface area (Å²) in [5, 5.41) is 0. The molecule has 6 heteroatoms. The van der Waals surface area contributed by atoms with Gasteiger partial charge in [-0.3, -0.25) is 0 Å². The van der Waals surface area contributed by atoms with Gasteiger partial charge in [-0.1, -0.05) is 19.8 Å². The van der Waals surface area contributed by atoms with E-state index in [1.165, 1.54) is 23.6 Å². The molecule has 0 aromatic heterocycles. The van der Waals surface area contributed by atoms with Crippen LogP contribution in [-0.2, 0) is 10.2 Å². The highest BCUT2D eigenvalue weighted by Gasteiger charge is 2.27. The predicted molar refractivity (Wildman–Crippen MR) is 70.1 cm³/mol. The maximum Gasteiger partial charge on any atom is 0.281 e. The molecule has 5 nitrogen and oxygen atoms in total. The molecule has 1 rings (SSSR count). The summed E-state index contributed by atoms with van der Waals surface area (Å²) < 4.78 is 26.6. The van der Waals surface area contributed by atoms with E-state index in [0.29, 0.717) is 13.1 Å². The lowest BCUT2D eigenvalue weighted by Gasteiger charge is -2.35. The Morgan fingerprint density at radius 2 is 1.65 bits per heavy atom. The minimum Gasteiger partial charge on any atom is -0.301 e. The smallest absolute Gasteiger partial charge is 0.281 e. The topological polar surface area (TPSA) is 43.9 Å². The van der Waals surface area contributed by atoms with Crippen LogP contribution in [0, 0.1) is 0 Å².